The van der Waals surface area contributed by atoms with Gasteiger partial charge in [0.25, 0.3) is 15.9 Å². The Hall–Kier alpha value is -2.32. The number of hydrogen-bond acceptors (Lipinski definition) is 5. The molecule has 9 heteroatoms. The fourth-order valence-corrected chi connectivity index (χ4v) is 3.99. The van der Waals surface area contributed by atoms with Crippen LogP contribution >= 0.6 is 11.6 Å². The van der Waals surface area contributed by atoms with Crippen LogP contribution in [0.5, 0.6) is 5.75 Å². The number of benzene rings is 1. The zero-order valence-corrected chi connectivity index (χ0v) is 17.7. The maximum atomic E-state index is 12.9. The number of amides is 1. The Balaban J connectivity index is 2.35. The number of carbonyl (C=O) groups is 1. The third-order valence-electron chi connectivity index (χ3n) is 4.11. The number of anilines is 1. The van der Waals surface area contributed by atoms with Crippen LogP contribution in [0.1, 0.15) is 36.5 Å². The van der Waals surface area contributed by atoms with Crippen molar-refractivity contribution in [1.29, 1.82) is 0 Å². The molecule has 1 N–H and O–H groups in total. The van der Waals surface area contributed by atoms with E-state index < -0.39 is 15.9 Å². The molecule has 1 aromatic carbocycles. The van der Waals surface area contributed by atoms with Gasteiger partial charge in [-0.1, -0.05) is 31.4 Å². The van der Waals surface area contributed by atoms with E-state index in [0.717, 1.165) is 19.3 Å². The summed E-state index contributed by atoms with van der Waals surface area (Å²) < 4.78 is 33.3. The van der Waals surface area contributed by atoms with Gasteiger partial charge in [0.05, 0.1) is 30.8 Å². The molecule has 1 amide bonds. The number of sulfonamides is 1. The molecule has 152 valence electrons. The first kappa shape index (κ1) is 22.0. The van der Waals surface area contributed by atoms with Gasteiger partial charge in [-0.15, -0.1) is 0 Å². The minimum absolute atomic E-state index is 0.0230. The molecule has 2 aromatic rings. The normalized spacial score (nSPS) is 11.1. The van der Waals surface area contributed by atoms with Crippen molar-refractivity contribution in [3.05, 3.63) is 47.2 Å². The summed E-state index contributed by atoms with van der Waals surface area (Å²) in [6, 6.07) is 5.64. The summed E-state index contributed by atoms with van der Waals surface area (Å²) in [6.45, 7) is 2.61. The van der Waals surface area contributed by atoms with Crippen LogP contribution in [-0.4, -0.2) is 44.9 Å². The first-order valence-corrected chi connectivity index (χ1v) is 10.7. The van der Waals surface area contributed by atoms with E-state index in [4.69, 9.17) is 16.3 Å². The Labute approximate surface area is 170 Å². The molecule has 0 saturated heterocycles. The zero-order valence-electron chi connectivity index (χ0n) is 16.1. The molecule has 0 fully saturated rings. The predicted molar refractivity (Wildman–Crippen MR) is 110 cm³/mol. The summed E-state index contributed by atoms with van der Waals surface area (Å²) in [6.07, 6.45) is 5.67. The van der Waals surface area contributed by atoms with E-state index in [2.05, 4.69) is 16.6 Å². The number of nitrogens with one attached hydrogen (secondary N) is 1. The number of halogens is 1. The fourth-order valence-electron chi connectivity index (χ4n) is 2.61. The van der Waals surface area contributed by atoms with Crippen LogP contribution in [-0.2, 0) is 10.0 Å². The number of rotatable bonds is 9. The first-order chi connectivity index (χ1) is 13.3. The maximum absolute atomic E-state index is 12.9. The van der Waals surface area contributed by atoms with Crippen molar-refractivity contribution in [3.63, 3.8) is 0 Å². The highest BCUT2D eigenvalue weighted by Crippen LogP contribution is 2.25. The number of nitrogens with zero attached hydrogens (tertiary/aromatic N) is 2. The Morgan fingerprint density at radius 3 is 2.68 bits per heavy atom. The third-order valence-corrected chi connectivity index (χ3v) is 5.78. The second-order valence-electron chi connectivity index (χ2n) is 6.29. The number of methoxy groups -OCH3 is 1. The Kier molecular flexibility index (Phi) is 7.65. The van der Waals surface area contributed by atoms with E-state index >= 15 is 0 Å². The Morgan fingerprint density at radius 2 is 2.00 bits per heavy atom. The smallest absolute Gasteiger partial charge is 0.262 e. The van der Waals surface area contributed by atoms with Crippen LogP contribution < -0.4 is 9.46 Å². The summed E-state index contributed by atoms with van der Waals surface area (Å²) >= 11 is 6.03. The Morgan fingerprint density at radius 1 is 1.25 bits per heavy atom. The van der Waals surface area contributed by atoms with E-state index in [-0.39, 0.29) is 21.2 Å². The summed E-state index contributed by atoms with van der Waals surface area (Å²) in [5.41, 5.74) is 0.249. The summed E-state index contributed by atoms with van der Waals surface area (Å²) in [5, 5.41) is 0.285. The molecule has 0 aliphatic heterocycles. The van der Waals surface area contributed by atoms with Gasteiger partial charge in [-0.2, -0.15) is 0 Å². The second kappa shape index (κ2) is 9.75. The lowest BCUT2D eigenvalue weighted by molar-refractivity contribution is 0.0789. The van der Waals surface area contributed by atoms with Crippen LogP contribution in [0.2, 0.25) is 5.02 Å². The summed E-state index contributed by atoms with van der Waals surface area (Å²) in [5.74, 6) is 0.00556. The minimum Gasteiger partial charge on any atom is -0.495 e. The molecule has 28 heavy (non-hydrogen) atoms. The van der Waals surface area contributed by atoms with Gasteiger partial charge in [-0.05, 0) is 24.6 Å². The lowest BCUT2D eigenvalue weighted by Gasteiger charge is -2.19. The SMILES string of the molecule is CCCCCN(C)C(=O)c1cc(Cl)ccc1S(=O)(=O)Nc1cncc(OC)c1. The maximum Gasteiger partial charge on any atom is 0.262 e. The van der Waals surface area contributed by atoms with Crippen molar-refractivity contribution in [2.75, 3.05) is 25.4 Å². The number of ether oxygens (including phenoxy) is 1. The van der Waals surface area contributed by atoms with Crippen LogP contribution in [0.4, 0.5) is 5.69 Å². The molecule has 0 unspecified atom stereocenters. The standard InChI is InChI=1S/C19H24ClN3O4S/c1-4-5-6-9-23(2)19(24)17-10-14(20)7-8-18(17)28(25,26)22-15-11-16(27-3)13-21-12-15/h7-8,10-13,22H,4-6,9H2,1-3H3. The van der Waals surface area contributed by atoms with Crippen molar-refractivity contribution in [1.82, 2.24) is 9.88 Å². The molecule has 0 atom stereocenters. The number of pyridine rings is 1. The molecule has 0 radical (unpaired) electrons. The molecule has 0 spiro atoms. The molecule has 1 heterocycles. The first-order valence-electron chi connectivity index (χ1n) is 8.85. The highest BCUT2D eigenvalue weighted by molar-refractivity contribution is 7.92. The van der Waals surface area contributed by atoms with Gasteiger partial charge in [0.2, 0.25) is 0 Å². The number of carbonyl (C=O) groups excluding carboxylic acids is 1. The summed E-state index contributed by atoms with van der Waals surface area (Å²) in [4.78, 5) is 18.1. The van der Waals surface area contributed by atoms with Gasteiger partial charge >= 0.3 is 0 Å². The molecule has 0 saturated carbocycles. The minimum atomic E-state index is -4.04. The van der Waals surface area contributed by atoms with Crippen molar-refractivity contribution < 1.29 is 17.9 Å². The van der Waals surface area contributed by atoms with Crippen LogP contribution in [0.15, 0.2) is 41.6 Å². The second-order valence-corrected chi connectivity index (χ2v) is 8.38. The van der Waals surface area contributed by atoms with Gasteiger partial charge < -0.3 is 9.64 Å². The lowest BCUT2D eigenvalue weighted by Crippen LogP contribution is -2.29. The number of aromatic nitrogens is 1. The average molecular weight is 426 g/mol. The van der Waals surface area contributed by atoms with Crippen molar-refractivity contribution in [2.45, 2.75) is 31.1 Å². The van der Waals surface area contributed by atoms with Gasteiger partial charge in [0.15, 0.2) is 0 Å². The quantitative estimate of drug-likeness (QED) is 0.617. The zero-order chi connectivity index (χ0) is 20.7. The largest absolute Gasteiger partial charge is 0.495 e. The highest BCUT2D eigenvalue weighted by Gasteiger charge is 2.25. The molecule has 0 aliphatic carbocycles. The van der Waals surface area contributed by atoms with Gasteiger partial charge in [-0.25, -0.2) is 8.42 Å². The number of unbranched alkanes of at least 4 members (excludes halogenated alkanes) is 2. The lowest BCUT2D eigenvalue weighted by atomic mass is 10.2. The average Bonchev–Trinajstić information content (AvgIpc) is 2.67. The molecular formula is C19H24ClN3O4S. The fraction of sp³-hybridized carbons (Fsp3) is 0.368. The van der Waals surface area contributed by atoms with Gasteiger partial charge in [0, 0.05) is 24.7 Å². The van der Waals surface area contributed by atoms with Crippen LogP contribution in [0.3, 0.4) is 0 Å². The van der Waals surface area contributed by atoms with E-state index in [1.54, 1.807) is 7.05 Å². The van der Waals surface area contributed by atoms with E-state index in [1.807, 2.05) is 0 Å². The van der Waals surface area contributed by atoms with Crippen LogP contribution in [0.25, 0.3) is 0 Å². The molecule has 1 aromatic heterocycles. The monoisotopic (exact) mass is 425 g/mol. The molecule has 2 rings (SSSR count). The molecule has 0 bridgehead atoms. The van der Waals surface area contributed by atoms with Crippen molar-refractivity contribution in [2.24, 2.45) is 0 Å². The third kappa shape index (κ3) is 5.59. The molecular weight excluding hydrogens is 402 g/mol. The van der Waals surface area contributed by atoms with E-state index in [0.29, 0.717) is 12.3 Å². The van der Waals surface area contributed by atoms with Gasteiger partial charge in [-0.3, -0.25) is 14.5 Å². The molecule has 0 aliphatic rings. The molecule has 7 nitrogen and oxygen atoms in total. The number of hydrogen-bond donors (Lipinski definition) is 1. The van der Waals surface area contributed by atoms with Crippen LogP contribution in [0, 0.1) is 0 Å². The predicted octanol–water partition coefficient (Wildman–Crippen LogP) is 3.81. The van der Waals surface area contributed by atoms with E-state index in [9.17, 15) is 13.2 Å². The van der Waals surface area contributed by atoms with Crippen molar-refractivity contribution in [3.8, 4) is 5.75 Å². The topological polar surface area (TPSA) is 88.6 Å². The highest BCUT2D eigenvalue weighted by atomic mass is 35.5. The van der Waals surface area contributed by atoms with E-state index in [1.165, 1.54) is 48.7 Å². The summed E-state index contributed by atoms with van der Waals surface area (Å²) in [7, 11) is -0.936. The van der Waals surface area contributed by atoms with Gasteiger partial charge in [0.1, 0.15) is 10.6 Å². The Bertz CT molecular complexity index is 935. The van der Waals surface area contributed by atoms with Crippen molar-refractivity contribution >= 4 is 33.2 Å².